The molecule has 0 unspecified atom stereocenters. The number of thiophene rings is 1. The fourth-order valence-electron chi connectivity index (χ4n) is 1.57. The van der Waals surface area contributed by atoms with Gasteiger partial charge in [0.05, 0.1) is 6.61 Å². The van der Waals surface area contributed by atoms with E-state index in [9.17, 15) is 4.79 Å². The lowest BCUT2D eigenvalue weighted by Gasteiger charge is -2.03. The van der Waals surface area contributed by atoms with Gasteiger partial charge < -0.3 is 10.5 Å². The summed E-state index contributed by atoms with van der Waals surface area (Å²) in [5, 5.41) is 0. The quantitative estimate of drug-likeness (QED) is 0.861. The van der Waals surface area contributed by atoms with Crippen LogP contribution in [0.4, 0.5) is 5.69 Å². The number of aryl methyl sites for hydroxylation is 1. The van der Waals surface area contributed by atoms with Gasteiger partial charge in [-0.15, -0.1) is 11.3 Å². The summed E-state index contributed by atoms with van der Waals surface area (Å²) in [6.45, 7) is 2.28. The number of esters is 1. The fourth-order valence-corrected chi connectivity index (χ4v) is 2.41. The number of benzene rings is 1. The normalized spacial score (nSPS) is 10.3. The first-order valence-corrected chi connectivity index (χ1v) is 6.55. The van der Waals surface area contributed by atoms with Gasteiger partial charge in [-0.3, -0.25) is 0 Å². The van der Waals surface area contributed by atoms with Crippen LogP contribution in [0.3, 0.4) is 0 Å². The number of hydrogen-bond acceptors (Lipinski definition) is 4. The largest absolute Gasteiger partial charge is 0.461 e. The lowest BCUT2D eigenvalue weighted by molar-refractivity contribution is 0.0515. The van der Waals surface area contributed by atoms with Gasteiger partial charge in [0.15, 0.2) is 0 Å². The first-order chi connectivity index (χ1) is 8.66. The molecule has 0 amide bonds. The molecule has 4 heteroatoms. The summed E-state index contributed by atoms with van der Waals surface area (Å²) in [4.78, 5) is 13.2. The summed E-state index contributed by atoms with van der Waals surface area (Å²) in [5.41, 5.74) is 7.51. The van der Waals surface area contributed by atoms with Crippen LogP contribution >= 0.6 is 11.3 Å². The second kappa shape index (κ2) is 5.69. The van der Waals surface area contributed by atoms with Crippen molar-refractivity contribution in [3.63, 3.8) is 0 Å². The fraction of sp³-hybridized carbons (Fsp3) is 0.214. The smallest absolute Gasteiger partial charge is 0.348 e. The van der Waals surface area contributed by atoms with Gasteiger partial charge in [-0.1, -0.05) is 30.3 Å². The number of rotatable bonds is 4. The van der Waals surface area contributed by atoms with E-state index in [1.165, 1.54) is 11.3 Å². The van der Waals surface area contributed by atoms with E-state index in [0.717, 1.165) is 16.9 Å². The molecule has 1 aromatic carbocycles. The number of nitrogens with two attached hydrogens (primary N) is 1. The number of carbonyl (C=O) groups is 1. The Morgan fingerprint density at radius 2 is 2.06 bits per heavy atom. The van der Waals surface area contributed by atoms with E-state index < -0.39 is 0 Å². The van der Waals surface area contributed by atoms with E-state index in [4.69, 9.17) is 10.5 Å². The van der Waals surface area contributed by atoms with Crippen LogP contribution in [0.15, 0.2) is 36.4 Å². The van der Waals surface area contributed by atoms with Gasteiger partial charge in [-0.2, -0.15) is 0 Å². The maximum atomic E-state index is 11.7. The van der Waals surface area contributed by atoms with Gasteiger partial charge in [0.2, 0.25) is 0 Å². The summed E-state index contributed by atoms with van der Waals surface area (Å²) in [6.07, 6.45) is 0.729. The Kier molecular flexibility index (Phi) is 3.99. The Morgan fingerprint density at radius 1 is 1.33 bits per heavy atom. The molecule has 0 radical (unpaired) electrons. The minimum atomic E-state index is -0.296. The van der Waals surface area contributed by atoms with Gasteiger partial charge in [0, 0.05) is 17.0 Å². The molecule has 0 aliphatic heterocycles. The second-order valence-electron chi connectivity index (χ2n) is 3.99. The minimum Gasteiger partial charge on any atom is -0.461 e. The highest BCUT2D eigenvalue weighted by Gasteiger charge is 2.11. The predicted octanol–water partition coefficient (Wildman–Crippen LogP) is 3.04. The van der Waals surface area contributed by atoms with Gasteiger partial charge in [-0.25, -0.2) is 4.79 Å². The molecule has 0 aliphatic rings. The van der Waals surface area contributed by atoms with E-state index in [1.54, 1.807) is 6.07 Å². The average molecular weight is 261 g/mol. The van der Waals surface area contributed by atoms with E-state index in [-0.39, 0.29) is 5.97 Å². The SMILES string of the molecule is Cc1sc(C(=O)OCCc2ccccc2)cc1N. The molecule has 3 nitrogen and oxygen atoms in total. The molecule has 0 atom stereocenters. The van der Waals surface area contributed by atoms with Gasteiger partial charge in [0.1, 0.15) is 4.88 Å². The molecule has 94 valence electrons. The molecule has 2 aromatic rings. The van der Waals surface area contributed by atoms with Crippen molar-refractivity contribution in [3.05, 3.63) is 51.7 Å². The van der Waals surface area contributed by atoms with E-state index >= 15 is 0 Å². The molecule has 0 saturated heterocycles. The molecule has 1 heterocycles. The van der Waals surface area contributed by atoms with Crippen LogP contribution in [0.5, 0.6) is 0 Å². The van der Waals surface area contributed by atoms with E-state index in [1.807, 2.05) is 37.3 Å². The van der Waals surface area contributed by atoms with Gasteiger partial charge in [-0.05, 0) is 18.6 Å². The highest BCUT2D eigenvalue weighted by Crippen LogP contribution is 2.23. The maximum absolute atomic E-state index is 11.7. The molecular weight excluding hydrogens is 246 g/mol. The van der Waals surface area contributed by atoms with Crippen molar-refractivity contribution < 1.29 is 9.53 Å². The molecule has 0 bridgehead atoms. The summed E-state index contributed by atoms with van der Waals surface area (Å²) in [5.74, 6) is -0.296. The number of ether oxygens (including phenoxy) is 1. The Bertz CT molecular complexity index is 514. The zero-order valence-corrected chi connectivity index (χ0v) is 11.0. The summed E-state index contributed by atoms with van der Waals surface area (Å²) >= 11 is 1.37. The summed E-state index contributed by atoms with van der Waals surface area (Å²) in [6, 6.07) is 11.6. The molecular formula is C14H15NO2S. The zero-order chi connectivity index (χ0) is 13.0. The topological polar surface area (TPSA) is 52.3 Å². The standard InChI is InChI=1S/C14H15NO2S/c1-10-12(15)9-13(18-10)14(16)17-8-7-11-5-3-2-4-6-11/h2-6,9H,7-8,15H2,1H3. The summed E-state index contributed by atoms with van der Waals surface area (Å²) in [7, 11) is 0. The lowest BCUT2D eigenvalue weighted by Crippen LogP contribution is -2.06. The van der Waals surface area contributed by atoms with Crippen molar-refractivity contribution >= 4 is 23.0 Å². The van der Waals surface area contributed by atoms with Gasteiger partial charge in [0.25, 0.3) is 0 Å². The molecule has 0 spiro atoms. The molecule has 1 aromatic heterocycles. The first kappa shape index (κ1) is 12.6. The van der Waals surface area contributed by atoms with E-state index in [2.05, 4.69) is 0 Å². The highest BCUT2D eigenvalue weighted by molar-refractivity contribution is 7.14. The van der Waals surface area contributed by atoms with Crippen molar-refractivity contribution in [2.75, 3.05) is 12.3 Å². The number of nitrogen functional groups attached to an aromatic ring is 1. The molecule has 0 fully saturated rings. The van der Waals surface area contributed by atoms with Crippen LogP contribution in [-0.4, -0.2) is 12.6 Å². The van der Waals surface area contributed by atoms with Crippen LogP contribution in [0.25, 0.3) is 0 Å². The van der Waals surface area contributed by atoms with Crippen molar-refractivity contribution in [1.29, 1.82) is 0 Å². The van der Waals surface area contributed by atoms with Crippen molar-refractivity contribution in [2.24, 2.45) is 0 Å². The first-order valence-electron chi connectivity index (χ1n) is 5.74. The van der Waals surface area contributed by atoms with Crippen LogP contribution in [0, 0.1) is 6.92 Å². The minimum absolute atomic E-state index is 0.296. The third-order valence-electron chi connectivity index (χ3n) is 2.62. The van der Waals surface area contributed by atoms with Crippen molar-refractivity contribution in [2.45, 2.75) is 13.3 Å². The molecule has 0 aliphatic carbocycles. The molecule has 2 rings (SSSR count). The van der Waals surface area contributed by atoms with Crippen molar-refractivity contribution in [1.82, 2.24) is 0 Å². The zero-order valence-electron chi connectivity index (χ0n) is 10.2. The van der Waals surface area contributed by atoms with E-state index in [0.29, 0.717) is 17.2 Å². The van der Waals surface area contributed by atoms with Gasteiger partial charge >= 0.3 is 5.97 Å². The summed E-state index contributed by atoms with van der Waals surface area (Å²) < 4.78 is 5.22. The maximum Gasteiger partial charge on any atom is 0.348 e. The van der Waals surface area contributed by atoms with Crippen LogP contribution < -0.4 is 5.73 Å². The Morgan fingerprint density at radius 3 is 2.67 bits per heavy atom. The van der Waals surface area contributed by atoms with Crippen LogP contribution in [0.1, 0.15) is 20.1 Å². The Hall–Kier alpha value is -1.81. The number of carbonyl (C=O) groups excluding carboxylic acids is 1. The lowest BCUT2D eigenvalue weighted by atomic mass is 10.2. The highest BCUT2D eigenvalue weighted by atomic mass is 32.1. The number of anilines is 1. The Labute approximate surface area is 110 Å². The van der Waals surface area contributed by atoms with Crippen LogP contribution in [0.2, 0.25) is 0 Å². The second-order valence-corrected chi connectivity index (χ2v) is 5.25. The third kappa shape index (κ3) is 3.11. The predicted molar refractivity (Wildman–Crippen MR) is 73.9 cm³/mol. The Balaban J connectivity index is 1.85. The number of hydrogen-bond donors (Lipinski definition) is 1. The molecule has 0 saturated carbocycles. The van der Waals surface area contributed by atoms with Crippen molar-refractivity contribution in [3.8, 4) is 0 Å². The molecule has 18 heavy (non-hydrogen) atoms. The molecule has 2 N–H and O–H groups in total. The average Bonchev–Trinajstić information content (AvgIpc) is 2.71. The third-order valence-corrected chi connectivity index (χ3v) is 3.67. The van der Waals surface area contributed by atoms with Crippen LogP contribution in [-0.2, 0) is 11.2 Å². The monoisotopic (exact) mass is 261 g/mol.